The zero-order chi connectivity index (χ0) is 14.9. The average Bonchev–Trinajstić information content (AvgIpc) is 2.48. The molecule has 0 N–H and O–H groups in total. The molecule has 0 aromatic heterocycles. The van der Waals surface area contributed by atoms with Crippen LogP contribution in [0.3, 0.4) is 0 Å². The van der Waals surface area contributed by atoms with Crippen LogP contribution in [0, 0.1) is 17.2 Å². The van der Waals surface area contributed by atoms with Gasteiger partial charge in [0.05, 0.1) is 17.4 Å². The van der Waals surface area contributed by atoms with Crippen molar-refractivity contribution in [2.45, 2.75) is 37.5 Å². The lowest BCUT2D eigenvalue weighted by molar-refractivity contribution is -0.142. The Labute approximate surface area is 130 Å². The third-order valence-electron chi connectivity index (χ3n) is 4.90. The molecular weight excluding hydrogens is 284 g/mol. The van der Waals surface area contributed by atoms with E-state index < -0.39 is 0 Å². The number of hydrogen-bond donors (Lipinski definition) is 0. The molecule has 0 bridgehead atoms. The number of hydrogen-bond acceptors (Lipinski definition) is 2. The van der Waals surface area contributed by atoms with Gasteiger partial charge in [-0.25, -0.2) is 0 Å². The number of halogens is 1. The topological polar surface area (TPSA) is 44.1 Å². The van der Waals surface area contributed by atoms with Crippen LogP contribution in [0.25, 0.3) is 0 Å². The van der Waals surface area contributed by atoms with E-state index in [4.69, 9.17) is 16.9 Å². The van der Waals surface area contributed by atoms with Crippen molar-refractivity contribution >= 4 is 17.5 Å². The normalized spacial score (nSPS) is 24.0. The van der Waals surface area contributed by atoms with Crippen LogP contribution < -0.4 is 0 Å². The highest BCUT2D eigenvalue weighted by atomic mass is 35.5. The minimum atomic E-state index is -0.373. The Morgan fingerprint density at radius 2 is 2.00 bits per heavy atom. The molecule has 1 saturated carbocycles. The molecule has 4 heteroatoms. The van der Waals surface area contributed by atoms with Crippen molar-refractivity contribution in [3.8, 4) is 6.07 Å². The summed E-state index contributed by atoms with van der Waals surface area (Å²) in [4.78, 5) is 14.9. The molecule has 1 atom stereocenters. The zero-order valence-corrected chi connectivity index (χ0v) is 12.8. The number of benzene rings is 1. The van der Waals surface area contributed by atoms with Crippen molar-refractivity contribution in [3.63, 3.8) is 0 Å². The van der Waals surface area contributed by atoms with Gasteiger partial charge in [0, 0.05) is 18.1 Å². The van der Waals surface area contributed by atoms with Gasteiger partial charge in [-0.15, -0.1) is 0 Å². The predicted octanol–water partition coefficient (Wildman–Crippen LogP) is 3.52. The fourth-order valence-electron chi connectivity index (χ4n) is 3.49. The Morgan fingerprint density at radius 3 is 2.57 bits per heavy atom. The molecule has 3 nitrogen and oxygen atoms in total. The fourth-order valence-corrected chi connectivity index (χ4v) is 3.62. The molecule has 1 amide bonds. The smallest absolute Gasteiger partial charge is 0.233 e. The SMILES string of the molecule is N#C[C@H]1CCCN(C(=O)C2(c3ccc(Cl)cc3)CCC2)C1. The molecule has 1 aromatic carbocycles. The highest BCUT2D eigenvalue weighted by Gasteiger charge is 2.48. The lowest BCUT2D eigenvalue weighted by atomic mass is 9.63. The van der Waals surface area contributed by atoms with Crippen LogP contribution in [0.1, 0.15) is 37.7 Å². The molecule has 1 aliphatic heterocycles. The van der Waals surface area contributed by atoms with Gasteiger partial charge in [-0.05, 0) is 43.4 Å². The van der Waals surface area contributed by atoms with Gasteiger partial charge in [0.1, 0.15) is 0 Å². The predicted molar refractivity (Wildman–Crippen MR) is 81.9 cm³/mol. The van der Waals surface area contributed by atoms with E-state index in [1.165, 1.54) is 0 Å². The van der Waals surface area contributed by atoms with Crippen molar-refractivity contribution in [1.29, 1.82) is 5.26 Å². The summed E-state index contributed by atoms with van der Waals surface area (Å²) in [5.41, 5.74) is 0.698. The van der Waals surface area contributed by atoms with E-state index in [1.807, 2.05) is 29.2 Å². The van der Waals surface area contributed by atoms with Crippen molar-refractivity contribution in [1.82, 2.24) is 4.90 Å². The Bertz CT molecular complexity index is 571. The summed E-state index contributed by atoms with van der Waals surface area (Å²) in [6.07, 6.45) is 4.74. The Morgan fingerprint density at radius 1 is 1.29 bits per heavy atom. The van der Waals surface area contributed by atoms with E-state index in [0.29, 0.717) is 11.6 Å². The number of carbonyl (C=O) groups excluding carboxylic acids is 1. The van der Waals surface area contributed by atoms with Crippen molar-refractivity contribution in [2.75, 3.05) is 13.1 Å². The molecule has 1 heterocycles. The lowest BCUT2D eigenvalue weighted by Crippen LogP contribution is -2.53. The maximum absolute atomic E-state index is 13.0. The second-order valence-electron chi connectivity index (χ2n) is 6.16. The van der Waals surface area contributed by atoms with Gasteiger partial charge in [0.15, 0.2) is 0 Å². The summed E-state index contributed by atoms with van der Waals surface area (Å²) < 4.78 is 0. The highest BCUT2D eigenvalue weighted by molar-refractivity contribution is 6.30. The van der Waals surface area contributed by atoms with E-state index in [0.717, 1.165) is 44.2 Å². The van der Waals surface area contributed by atoms with Gasteiger partial charge in [0.2, 0.25) is 5.91 Å². The first-order valence-electron chi connectivity index (χ1n) is 7.61. The van der Waals surface area contributed by atoms with E-state index in [-0.39, 0.29) is 17.2 Å². The first-order chi connectivity index (χ1) is 10.2. The quantitative estimate of drug-likeness (QED) is 0.839. The Kier molecular flexibility index (Phi) is 3.91. The van der Waals surface area contributed by atoms with E-state index >= 15 is 0 Å². The largest absolute Gasteiger partial charge is 0.341 e. The molecule has 21 heavy (non-hydrogen) atoms. The average molecular weight is 303 g/mol. The molecule has 0 spiro atoms. The molecule has 2 aliphatic rings. The van der Waals surface area contributed by atoms with Crippen LogP contribution >= 0.6 is 11.6 Å². The van der Waals surface area contributed by atoms with Gasteiger partial charge in [-0.1, -0.05) is 30.2 Å². The minimum Gasteiger partial charge on any atom is -0.341 e. The second kappa shape index (κ2) is 5.69. The first kappa shape index (κ1) is 14.4. The fraction of sp³-hybridized carbons (Fsp3) is 0.529. The van der Waals surface area contributed by atoms with Crippen LogP contribution in [-0.4, -0.2) is 23.9 Å². The van der Waals surface area contributed by atoms with E-state index in [2.05, 4.69) is 6.07 Å². The van der Waals surface area contributed by atoms with Gasteiger partial charge in [0.25, 0.3) is 0 Å². The second-order valence-corrected chi connectivity index (χ2v) is 6.60. The number of nitriles is 1. The summed E-state index contributed by atoms with van der Waals surface area (Å²) in [6.45, 7) is 1.37. The molecular formula is C17H19ClN2O. The minimum absolute atomic E-state index is 0.00922. The van der Waals surface area contributed by atoms with Crippen LogP contribution in [-0.2, 0) is 10.2 Å². The summed E-state index contributed by atoms with van der Waals surface area (Å²) in [6, 6.07) is 9.99. The third kappa shape index (κ3) is 2.53. The number of amides is 1. The highest BCUT2D eigenvalue weighted by Crippen LogP contribution is 2.45. The van der Waals surface area contributed by atoms with Crippen molar-refractivity contribution in [2.24, 2.45) is 5.92 Å². The molecule has 1 aromatic rings. The summed E-state index contributed by atoms with van der Waals surface area (Å²) in [5, 5.41) is 9.81. The number of rotatable bonds is 2. The van der Waals surface area contributed by atoms with E-state index in [1.54, 1.807) is 0 Å². The monoisotopic (exact) mass is 302 g/mol. The van der Waals surface area contributed by atoms with Crippen LogP contribution in [0.2, 0.25) is 5.02 Å². The maximum Gasteiger partial charge on any atom is 0.233 e. The number of carbonyl (C=O) groups is 1. The van der Waals surface area contributed by atoms with Crippen LogP contribution in [0.4, 0.5) is 0 Å². The molecule has 2 fully saturated rings. The summed E-state index contributed by atoms with van der Waals surface area (Å²) in [5.74, 6) is 0.195. The molecule has 3 rings (SSSR count). The van der Waals surface area contributed by atoms with Gasteiger partial charge < -0.3 is 4.90 Å². The standard InChI is InChI=1S/C17H19ClN2O/c18-15-6-4-14(5-7-15)17(8-2-9-17)16(21)20-10-1-3-13(11-19)12-20/h4-7,13H,1-3,8-10,12H2/t13-/m1/s1. The molecule has 1 saturated heterocycles. The zero-order valence-electron chi connectivity index (χ0n) is 12.0. The van der Waals surface area contributed by atoms with Gasteiger partial charge in [-0.2, -0.15) is 5.26 Å². The third-order valence-corrected chi connectivity index (χ3v) is 5.16. The van der Waals surface area contributed by atoms with Crippen LogP contribution in [0.15, 0.2) is 24.3 Å². The number of nitrogens with zero attached hydrogens (tertiary/aromatic N) is 2. The van der Waals surface area contributed by atoms with Gasteiger partial charge >= 0.3 is 0 Å². The van der Waals surface area contributed by atoms with Crippen LogP contribution in [0.5, 0.6) is 0 Å². The van der Waals surface area contributed by atoms with Crippen molar-refractivity contribution < 1.29 is 4.79 Å². The summed E-state index contributed by atoms with van der Waals surface area (Å²) >= 11 is 5.96. The number of likely N-dealkylation sites (tertiary alicyclic amines) is 1. The molecule has 0 radical (unpaired) electrons. The first-order valence-corrected chi connectivity index (χ1v) is 7.98. The van der Waals surface area contributed by atoms with Gasteiger partial charge in [-0.3, -0.25) is 4.79 Å². The Balaban J connectivity index is 1.84. The summed E-state index contributed by atoms with van der Waals surface area (Å²) in [7, 11) is 0. The maximum atomic E-state index is 13.0. The Hall–Kier alpha value is -1.53. The molecule has 110 valence electrons. The lowest BCUT2D eigenvalue weighted by Gasteiger charge is -2.45. The van der Waals surface area contributed by atoms with E-state index in [9.17, 15) is 4.79 Å². The van der Waals surface area contributed by atoms with Crippen molar-refractivity contribution in [3.05, 3.63) is 34.9 Å². The molecule has 1 aliphatic carbocycles. The number of piperidine rings is 1. The molecule has 0 unspecified atom stereocenters.